The summed E-state index contributed by atoms with van der Waals surface area (Å²) in [4.78, 5) is 34.6. The average Bonchev–Trinajstić information content (AvgIpc) is 4.10. The van der Waals surface area contributed by atoms with Gasteiger partial charge in [0.05, 0.1) is 73.1 Å². The van der Waals surface area contributed by atoms with Gasteiger partial charge in [-0.3, -0.25) is 19.0 Å². The number of ether oxygens (including phenoxy) is 2. The molecule has 6 aromatic heterocycles. The van der Waals surface area contributed by atoms with Crippen molar-refractivity contribution in [3.63, 3.8) is 0 Å². The molecule has 2 aromatic carbocycles. The Morgan fingerprint density at radius 3 is 1.50 bits per heavy atom. The number of amides is 2. The number of carbonyl (C=O) groups is 2. The third-order valence-electron chi connectivity index (χ3n) is 12.2. The van der Waals surface area contributed by atoms with Crippen LogP contribution in [0.5, 0.6) is 11.5 Å². The molecule has 18 heteroatoms. The topological polar surface area (TPSA) is 213 Å². The van der Waals surface area contributed by atoms with E-state index in [9.17, 15) is 19.8 Å². The Kier molecular flexibility index (Phi) is 11.0. The number of benzene rings is 2. The molecule has 6 heterocycles. The summed E-state index contributed by atoms with van der Waals surface area (Å²) >= 11 is 0. The fourth-order valence-electron chi connectivity index (χ4n) is 8.59. The number of nitrogens with zero attached hydrogens (tertiary/aromatic N) is 10. The first-order valence-electron chi connectivity index (χ1n) is 20.8. The van der Waals surface area contributed by atoms with E-state index in [4.69, 9.17) is 19.7 Å². The molecule has 2 aliphatic carbocycles. The number of aliphatic hydroxyl groups is 2. The zero-order valence-electron chi connectivity index (χ0n) is 34.8. The van der Waals surface area contributed by atoms with Crippen LogP contribution in [0.1, 0.15) is 85.2 Å². The van der Waals surface area contributed by atoms with Crippen LogP contribution in [0.4, 0.5) is 11.6 Å². The van der Waals surface area contributed by atoms with E-state index >= 15 is 0 Å². The second-order valence-electron chi connectivity index (χ2n) is 16.2. The van der Waals surface area contributed by atoms with Crippen molar-refractivity contribution in [1.29, 1.82) is 0 Å². The fraction of sp³-hybridized carbons (Fsp3) is 0.364. The lowest BCUT2D eigenvalue weighted by molar-refractivity contribution is 0.0573. The molecule has 4 N–H and O–H groups in total. The third-order valence-corrected chi connectivity index (χ3v) is 12.2. The molecular weight excluding hydrogens is 793 g/mol. The van der Waals surface area contributed by atoms with Gasteiger partial charge < -0.3 is 30.3 Å². The van der Waals surface area contributed by atoms with E-state index in [0.717, 1.165) is 60.3 Å². The Morgan fingerprint density at radius 1 is 0.661 bits per heavy atom. The van der Waals surface area contributed by atoms with Gasteiger partial charge in [-0.25, -0.2) is 9.97 Å². The highest BCUT2D eigenvalue weighted by molar-refractivity contribution is 6.09. The number of fused-ring (bicyclic) bond motifs is 4. The van der Waals surface area contributed by atoms with Crippen LogP contribution in [0.2, 0.25) is 0 Å². The molecule has 0 aliphatic heterocycles. The molecule has 6 atom stereocenters. The van der Waals surface area contributed by atoms with Crippen LogP contribution >= 0.6 is 0 Å². The van der Waals surface area contributed by atoms with Gasteiger partial charge in [-0.15, -0.1) is 0 Å². The van der Waals surface area contributed by atoms with Gasteiger partial charge in [0.25, 0.3) is 11.8 Å². The molecule has 0 unspecified atom stereocenters. The molecule has 2 saturated carbocycles. The number of nitrogens with one attached hydrogen (secondary N) is 2. The van der Waals surface area contributed by atoms with Crippen molar-refractivity contribution in [2.75, 3.05) is 24.9 Å². The van der Waals surface area contributed by atoms with Gasteiger partial charge in [0.2, 0.25) is 0 Å². The molecule has 62 heavy (non-hydrogen) atoms. The van der Waals surface area contributed by atoms with E-state index in [-0.39, 0.29) is 47.9 Å². The van der Waals surface area contributed by atoms with E-state index in [1.165, 1.54) is 14.2 Å². The summed E-state index contributed by atoms with van der Waals surface area (Å²) in [6.07, 6.45) is 14.9. The van der Waals surface area contributed by atoms with Crippen LogP contribution in [0.15, 0.2) is 85.7 Å². The molecule has 0 spiro atoms. The smallest absolute Gasteiger partial charge is 0.260 e. The fourth-order valence-corrected chi connectivity index (χ4v) is 8.59. The second kappa shape index (κ2) is 16.9. The Bertz CT molecular complexity index is 2720. The molecule has 18 nitrogen and oxygen atoms in total. The zero-order chi connectivity index (χ0) is 43.1. The molecule has 2 aliphatic rings. The first kappa shape index (κ1) is 40.5. The predicted octanol–water partition coefficient (Wildman–Crippen LogP) is 6.12. The average molecular weight is 841 g/mol. The van der Waals surface area contributed by atoms with Gasteiger partial charge >= 0.3 is 0 Å². The summed E-state index contributed by atoms with van der Waals surface area (Å²) in [5.74, 6) is 1.71. The maximum absolute atomic E-state index is 13.1. The van der Waals surface area contributed by atoms with E-state index < -0.39 is 0 Å². The van der Waals surface area contributed by atoms with Gasteiger partial charge in [-0.1, -0.05) is 13.8 Å². The number of rotatable bonds is 8. The predicted molar refractivity (Wildman–Crippen MR) is 231 cm³/mol. The van der Waals surface area contributed by atoms with Crippen molar-refractivity contribution < 1.29 is 29.3 Å². The molecule has 0 radical (unpaired) electrons. The quantitative estimate of drug-likeness (QED) is 0.136. The van der Waals surface area contributed by atoms with Crippen molar-refractivity contribution in [2.24, 2.45) is 11.8 Å². The van der Waals surface area contributed by atoms with E-state index in [1.807, 2.05) is 33.9 Å². The first-order chi connectivity index (χ1) is 30.1. The Balaban J connectivity index is 0.000000158. The molecule has 2 fully saturated rings. The van der Waals surface area contributed by atoms with Crippen molar-refractivity contribution in [3.05, 3.63) is 96.8 Å². The van der Waals surface area contributed by atoms with Crippen molar-refractivity contribution in [1.82, 2.24) is 48.8 Å². The standard InChI is InChI=1S/2C22H24N6O3/c2*1-13-8-15(5-6-18(13)29)27-12-14-9-16(19(31-2)10-17(14)26-27)22(30)25-21-11-23-20-4-3-7-24-28(20)21/h2*3-4,7,9-13,15,18,29H,5-6,8H2,1-2H3,(H,25,30)/t2*13-,15-,18-/m00/s1. The number of carbonyl (C=O) groups excluding carboxylic acids is 2. The number of imidazole rings is 2. The van der Waals surface area contributed by atoms with Gasteiger partial charge in [-0.2, -0.15) is 29.4 Å². The Morgan fingerprint density at radius 2 is 1.10 bits per heavy atom. The van der Waals surface area contributed by atoms with Gasteiger partial charge in [0, 0.05) is 47.7 Å². The number of aliphatic hydroxyl groups excluding tert-OH is 2. The van der Waals surface area contributed by atoms with Gasteiger partial charge in [-0.05, 0) is 86.8 Å². The minimum absolute atomic E-state index is 0.235. The lowest BCUT2D eigenvalue weighted by Crippen LogP contribution is -2.28. The molecule has 320 valence electrons. The number of anilines is 2. The molecule has 0 saturated heterocycles. The second-order valence-corrected chi connectivity index (χ2v) is 16.2. The molecule has 8 aromatic rings. The minimum atomic E-state index is -0.312. The third kappa shape index (κ3) is 7.89. The highest BCUT2D eigenvalue weighted by Crippen LogP contribution is 2.36. The summed E-state index contributed by atoms with van der Waals surface area (Å²) in [7, 11) is 3.07. The summed E-state index contributed by atoms with van der Waals surface area (Å²) < 4.78 is 18.0. The monoisotopic (exact) mass is 840 g/mol. The van der Waals surface area contributed by atoms with Crippen LogP contribution in [0, 0.1) is 11.8 Å². The van der Waals surface area contributed by atoms with Gasteiger partial charge in [0.1, 0.15) is 11.5 Å². The van der Waals surface area contributed by atoms with Crippen LogP contribution in [0.25, 0.3) is 33.1 Å². The molecule has 10 rings (SSSR count). The van der Waals surface area contributed by atoms with Crippen molar-refractivity contribution >= 4 is 56.6 Å². The normalized spacial score (nSPS) is 21.5. The van der Waals surface area contributed by atoms with Crippen LogP contribution in [-0.2, 0) is 0 Å². The minimum Gasteiger partial charge on any atom is -0.496 e. The number of aromatic nitrogens is 10. The molecular formula is C44H48N12O6. The molecule has 0 bridgehead atoms. The lowest BCUT2D eigenvalue weighted by atomic mass is 9.85. The SMILES string of the molecule is COc1cc2nn([C@H]3CC[C@H](O)[C@@H](C)C3)cc2cc1C(=O)Nc1cnc2cccnn12.COc1cc2nn([C@H]3CC[C@H](O)[C@@H](C)C3)cc2cc1C(=O)Nc1cnc2cccnn12. The number of hydrogen-bond acceptors (Lipinski definition) is 12. The zero-order valence-corrected chi connectivity index (χ0v) is 34.8. The van der Waals surface area contributed by atoms with E-state index in [1.54, 1.807) is 70.2 Å². The van der Waals surface area contributed by atoms with Crippen molar-refractivity contribution in [3.8, 4) is 11.5 Å². The lowest BCUT2D eigenvalue weighted by Gasteiger charge is -2.31. The van der Waals surface area contributed by atoms with E-state index in [2.05, 4.69) is 44.6 Å². The Hall–Kier alpha value is -6.92. The highest BCUT2D eigenvalue weighted by Gasteiger charge is 2.29. The van der Waals surface area contributed by atoms with Crippen molar-refractivity contribution in [2.45, 2.75) is 76.7 Å². The van der Waals surface area contributed by atoms with Crippen LogP contribution < -0.4 is 20.1 Å². The van der Waals surface area contributed by atoms with Gasteiger partial charge in [0.15, 0.2) is 22.9 Å². The largest absolute Gasteiger partial charge is 0.496 e. The molecule has 2 amide bonds. The number of hydrogen-bond donors (Lipinski definition) is 4. The number of methoxy groups -OCH3 is 2. The van der Waals surface area contributed by atoms with E-state index in [0.29, 0.717) is 45.6 Å². The summed E-state index contributed by atoms with van der Waals surface area (Å²) in [5.41, 5.74) is 3.65. The maximum atomic E-state index is 13.1. The Labute approximate surface area is 355 Å². The highest BCUT2D eigenvalue weighted by atomic mass is 16.5. The summed E-state index contributed by atoms with van der Waals surface area (Å²) in [6, 6.07) is 14.8. The maximum Gasteiger partial charge on any atom is 0.260 e. The first-order valence-corrected chi connectivity index (χ1v) is 20.8. The van der Waals surface area contributed by atoms with Crippen LogP contribution in [0.3, 0.4) is 0 Å². The van der Waals surface area contributed by atoms with Crippen LogP contribution in [-0.4, -0.2) is 97.2 Å². The summed E-state index contributed by atoms with van der Waals surface area (Å²) in [5, 5.41) is 45.4. The summed E-state index contributed by atoms with van der Waals surface area (Å²) in [6.45, 7) is 4.14.